The Kier molecular flexibility index (Phi) is 5.23. The molecule has 4 aromatic rings. The molecule has 3 nitrogen and oxygen atoms in total. The number of aryl methyl sites for hydroxylation is 1. The van der Waals surface area contributed by atoms with Gasteiger partial charge in [-0.1, -0.05) is 61.0 Å². The van der Waals surface area contributed by atoms with Crippen molar-refractivity contribution >= 4 is 17.2 Å². The van der Waals surface area contributed by atoms with E-state index in [1.165, 1.54) is 11.1 Å². The monoisotopic (exact) mass is 375 g/mol. The minimum atomic E-state index is 0.725. The zero-order valence-electron chi connectivity index (χ0n) is 15.3. The molecule has 0 saturated heterocycles. The fraction of sp³-hybridized carbons (Fsp3) is 0.174. The van der Waals surface area contributed by atoms with Gasteiger partial charge < -0.3 is 9.72 Å². The normalized spacial score (nSPS) is 11.2. The lowest BCUT2D eigenvalue weighted by atomic mass is 10.1. The van der Waals surface area contributed by atoms with Gasteiger partial charge in [0, 0.05) is 29.9 Å². The summed E-state index contributed by atoms with van der Waals surface area (Å²) in [6.45, 7) is 3.66. The van der Waals surface area contributed by atoms with E-state index in [0.29, 0.717) is 0 Å². The van der Waals surface area contributed by atoms with E-state index in [1.54, 1.807) is 0 Å². The van der Waals surface area contributed by atoms with Gasteiger partial charge in [0.25, 0.3) is 0 Å². The largest absolute Gasteiger partial charge is 0.307 e. The van der Waals surface area contributed by atoms with Crippen LogP contribution in [0, 0.1) is 0 Å². The van der Waals surface area contributed by atoms with Crippen LogP contribution >= 0.6 is 11.6 Å². The van der Waals surface area contributed by atoms with Crippen molar-refractivity contribution in [2.45, 2.75) is 26.4 Å². The fourth-order valence-corrected chi connectivity index (χ4v) is 3.53. The summed E-state index contributed by atoms with van der Waals surface area (Å²) in [6, 6.07) is 22.8. The molecule has 136 valence electrons. The molecule has 2 heterocycles. The van der Waals surface area contributed by atoms with Crippen molar-refractivity contribution in [3.05, 3.63) is 94.8 Å². The molecule has 1 N–H and O–H groups in total. The van der Waals surface area contributed by atoms with Crippen LogP contribution in [-0.2, 0) is 19.5 Å². The van der Waals surface area contributed by atoms with E-state index in [1.807, 2.05) is 36.4 Å². The summed E-state index contributed by atoms with van der Waals surface area (Å²) in [4.78, 5) is 4.88. The summed E-state index contributed by atoms with van der Waals surface area (Å²) in [6.07, 6.45) is 3.11. The Morgan fingerprint density at radius 3 is 2.56 bits per heavy atom. The quantitative estimate of drug-likeness (QED) is 0.481. The molecule has 4 heteroatoms. The minimum Gasteiger partial charge on any atom is -0.307 e. The number of hydrogen-bond donors (Lipinski definition) is 1. The zero-order chi connectivity index (χ0) is 18.6. The van der Waals surface area contributed by atoms with Crippen molar-refractivity contribution in [1.82, 2.24) is 14.7 Å². The van der Waals surface area contributed by atoms with Crippen molar-refractivity contribution in [1.29, 1.82) is 0 Å². The van der Waals surface area contributed by atoms with Crippen molar-refractivity contribution in [2.75, 3.05) is 0 Å². The van der Waals surface area contributed by atoms with E-state index in [-0.39, 0.29) is 0 Å². The Hall–Kier alpha value is -2.62. The standard InChI is InChI=1S/C23H22ClN3/c1-2-17-9-11-19(12-10-17)23-21(27-13-4-3-8-22(27)26-23)16-25-15-18-6-5-7-20(24)14-18/h3-14,25H,2,15-16H2,1H3. The second-order valence-electron chi connectivity index (χ2n) is 6.62. The lowest BCUT2D eigenvalue weighted by Crippen LogP contribution is -2.14. The molecule has 0 fully saturated rings. The van der Waals surface area contributed by atoms with E-state index >= 15 is 0 Å². The summed E-state index contributed by atoms with van der Waals surface area (Å²) >= 11 is 6.09. The second kappa shape index (κ2) is 7.95. The van der Waals surface area contributed by atoms with Crippen LogP contribution in [0.15, 0.2) is 72.9 Å². The predicted molar refractivity (Wildman–Crippen MR) is 112 cm³/mol. The van der Waals surface area contributed by atoms with Crippen LogP contribution in [0.5, 0.6) is 0 Å². The molecular formula is C23H22ClN3. The van der Waals surface area contributed by atoms with Crippen molar-refractivity contribution in [3.63, 3.8) is 0 Å². The van der Waals surface area contributed by atoms with Crippen molar-refractivity contribution in [2.24, 2.45) is 0 Å². The van der Waals surface area contributed by atoms with Crippen LogP contribution < -0.4 is 5.32 Å². The molecule has 0 aliphatic rings. The third-order valence-corrected chi connectivity index (χ3v) is 5.01. The van der Waals surface area contributed by atoms with Crippen LogP contribution in [0.4, 0.5) is 0 Å². The number of pyridine rings is 1. The molecular weight excluding hydrogens is 354 g/mol. The summed E-state index contributed by atoms with van der Waals surface area (Å²) in [5, 5.41) is 4.30. The maximum atomic E-state index is 6.09. The Balaban J connectivity index is 1.63. The molecule has 0 aliphatic heterocycles. The van der Waals surface area contributed by atoms with E-state index in [4.69, 9.17) is 16.6 Å². The number of imidazole rings is 1. The summed E-state index contributed by atoms with van der Waals surface area (Å²) < 4.78 is 2.16. The van der Waals surface area contributed by atoms with Gasteiger partial charge in [0.15, 0.2) is 0 Å². The number of nitrogens with one attached hydrogen (secondary N) is 1. The molecule has 0 unspecified atom stereocenters. The van der Waals surface area contributed by atoms with Gasteiger partial charge >= 0.3 is 0 Å². The van der Waals surface area contributed by atoms with E-state index < -0.39 is 0 Å². The van der Waals surface area contributed by atoms with Crippen LogP contribution in [0.1, 0.15) is 23.7 Å². The van der Waals surface area contributed by atoms with Crippen LogP contribution in [0.3, 0.4) is 0 Å². The Labute approximate surface area is 164 Å². The number of benzene rings is 2. The van der Waals surface area contributed by atoms with Gasteiger partial charge in [-0.05, 0) is 41.8 Å². The summed E-state index contributed by atoms with van der Waals surface area (Å²) in [7, 11) is 0. The second-order valence-corrected chi connectivity index (χ2v) is 7.06. The molecule has 4 rings (SSSR count). The highest BCUT2D eigenvalue weighted by Crippen LogP contribution is 2.25. The highest BCUT2D eigenvalue weighted by atomic mass is 35.5. The number of rotatable bonds is 6. The number of hydrogen-bond acceptors (Lipinski definition) is 2. The van der Waals surface area contributed by atoms with Gasteiger partial charge in [-0.15, -0.1) is 0 Å². The van der Waals surface area contributed by atoms with Crippen LogP contribution in [0.25, 0.3) is 16.9 Å². The molecule has 0 spiro atoms. The van der Waals surface area contributed by atoms with Gasteiger partial charge in [-0.2, -0.15) is 0 Å². The van der Waals surface area contributed by atoms with Gasteiger partial charge in [0.1, 0.15) is 5.65 Å². The van der Waals surface area contributed by atoms with E-state index in [2.05, 4.69) is 53.2 Å². The van der Waals surface area contributed by atoms with Crippen LogP contribution in [0.2, 0.25) is 5.02 Å². The summed E-state index contributed by atoms with van der Waals surface area (Å²) in [5.41, 5.74) is 6.81. The number of halogens is 1. The zero-order valence-corrected chi connectivity index (χ0v) is 16.1. The third kappa shape index (κ3) is 3.90. The first kappa shape index (κ1) is 17.8. The summed E-state index contributed by atoms with van der Waals surface area (Å²) in [5.74, 6) is 0. The molecule has 0 atom stereocenters. The Morgan fingerprint density at radius 2 is 1.78 bits per heavy atom. The first-order valence-electron chi connectivity index (χ1n) is 9.25. The fourth-order valence-electron chi connectivity index (χ4n) is 3.32. The van der Waals surface area contributed by atoms with E-state index in [0.717, 1.165) is 47.1 Å². The smallest absolute Gasteiger partial charge is 0.137 e. The number of nitrogens with zero attached hydrogens (tertiary/aromatic N) is 2. The number of aromatic nitrogens is 2. The SMILES string of the molecule is CCc1ccc(-c2nc3ccccn3c2CNCc2cccc(Cl)c2)cc1. The highest BCUT2D eigenvalue weighted by Gasteiger charge is 2.13. The molecule has 0 saturated carbocycles. The van der Waals surface area contributed by atoms with Crippen molar-refractivity contribution in [3.8, 4) is 11.3 Å². The first-order chi connectivity index (χ1) is 13.2. The Morgan fingerprint density at radius 1 is 0.926 bits per heavy atom. The topological polar surface area (TPSA) is 29.3 Å². The van der Waals surface area contributed by atoms with Crippen LogP contribution in [-0.4, -0.2) is 9.38 Å². The minimum absolute atomic E-state index is 0.725. The molecule has 0 aliphatic carbocycles. The Bertz CT molecular complexity index is 1050. The molecule has 0 amide bonds. The van der Waals surface area contributed by atoms with Gasteiger partial charge in [-0.25, -0.2) is 4.98 Å². The highest BCUT2D eigenvalue weighted by molar-refractivity contribution is 6.30. The van der Waals surface area contributed by atoms with Gasteiger partial charge in [-0.3, -0.25) is 0 Å². The average Bonchev–Trinajstić information content (AvgIpc) is 3.07. The predicted octanol–water partition coefficient (Wildman–Crippen LogP) is 5.51. The lowest BCUT2D eigenvalue weighted by Gasteiger charge is -2.08. The van der Waals surface area contributed by atoms with Crippen molar-refractivity contribution < 1.29 is 0 Å². The molecule has 2 aromatic heterocycles. The molecule has 0 radical (unpaired) electrons. The molecule has 2 aromatic carbocycles. The lowest BCUT2D eigenvalue weighted by molar-refractivity contribution is 0.677. The van der Waals surface area contributed by atoms with E-state index in [9.17, 15) is 0 Å². The molecule has 27 heavy (non-hydrogen) atoms. The maximum absolute atomic E-state index is 6.09. The van der Waals surface area contributed by atoms with Gasteiger partial charge in [0.05, 0.1) is 11.4 Å². The van der Waals surface area contributed by atoms with Gasteiger partial charge in [0.2, 0.25) is 0 Å². The molecule has 0 bridgehead atoms. The maximum Gasteiger partial charge on any atom is 0.137 e. The average molecular weight is 376 g/mol. The first-order valence-corrected chi connectivity index (χ1v) is 9.63. The number of fused-ring (bicyclic) bond motifs is 1. The third-order valence-electron chi connectivity index (χ3n) is 4.78.